The number of hydrogen-bond donors (Lipinski definition) is 1. The molecule has 0 aromatic carbocycles. The number of nitrogens with two attached hydrogens (primary N) is 1. The van der Waals surface area contributed by atoms with E-state index >= 15 is 0 Å². The number of rotatable bonds is 4. The van der Waals surface area contributed by atoms with Crippen molar-refractivity contribution in [3.63, 3.8) is 0 Å². The minimum Gasteiger partial charge on any atom is -0.329 e. The van der Waals surface area contributed by atoms with E-state index in [-0.39, 0.29) is 5.54 Å². The summed E-state index contributed by atoms with van der Waals surface area (Å²) < 4.78 is 0. The molecule has 0 bridgehead atoms. The molecular formula is C16H32N2. The van der Waals surface area contributed by atoms with Crippen molar-refractivity contribution < 1.29 is 0 Å². The average Bonchev–Trinajstić information content (AvgIpc) is 2.91. The van der Waals surface area contributed by atoms with Crippen LogP contribution in [0.15, 0.2) is 0 Å². The second-order valence-corrected chi connectivity index (χ2v) is 7.35. The lowest BCUT2D eigenvalue weighted by Crippen LogP contribution is -2.59. The van der Waals surface area contributed by atoms with Gasteiger partial charge in [0.2, 0.25) is 0 Å². The normalized spacial score (nSPS) is 35.2. The van der Waals surface area contributed by atoms with Gasteiger partial charge in [-0.2, -0.15) is 0 Å². The van der Waals surface area contributed by atoms with Crippen LogP contribution in [0.1, 0.15) is 66.2 Å². The molecule has 1 aliphatic carbocycles. The molecule has 0 amide bonds. The first-order valence-corrected chi connectivity index (χ1v) is 7.90. The Labute approximate surface area is 113 Å². The first kappa shape index (κ1) is 14.3. The lowest BCUT2D eigenvalue weighted by Gasteiger charge is -2.48. The van der Waals surface area contributed by atoms with Crippen LogP contribution >= 0.6 is 0 Å². The molecule has 18 heavy (non-hydrogen) atoms. The van der Waals surface area contributed by atoms with E-state index < -0.39 is 0 Å². The molecule has 2 heteroatoms. The van der Waals surface area contributed by atoms with Crippen LogP contribution in [0.5, 0.6) is 0 Å². The molecule has 2 fully saturated rings. The largest absolute Gasteiger partial charge is 0.329 e. The summed E-state index contributed by atoms with van der Waals surface area (Å²) in [4.78, 5) is 2.77. The van der Waals surface area contributed by atoms with E-state index in [0.717, 1.165) is 6.54 Å². The van der Waals surface area contributed by atoms with Gasteiger partial charge in [-0.15, -0.1) is 0 Å². The van der Waals surface area contributed by atoms with E-state index in [1.54, 1.807) is 0 Å². The fourth-order valence-electron chi connectivity index (χ4n) is 4.62. The fourth-order valence-corrected chi connectivity index (χ4v) is 4.62. The van der Waals surface area contributed by atoms with Gasteiger partial charge >= 0.3 is 0 Å². The topological polar surface area (TPSA) is 29.3 Å². The molecular weight excluding hydrogens is 220 g/mol. The number of hydrogen-bond acceptors (Lipinski definition) is 2. The number of nitrogens with zero attached hydrogens (tertiary/aromatic N) is 1. The summed E-state index contributed by atoms with van der Waals surface area (Å²) in [6.45, 7) is 13.0. The zero-order valence-electron chi connectivity index (χ0n) is 12.9. The molecule has 0 spiro atoms. The van der Waals surface area contributed by atoms with Crippen LogP contribution < -0.4 is 5.73 Å². The van der Waals surface area contributed by atoms with E-state index in [0.29, 0.717) is 10.8 Å². The average molecular weight is 252 g/mol. The van der Waals surface area contributed by atoms with Gasteiger partial charge in [-0.05, 0) is 49.5 Å². The van der Waals surface area contributed by atoms with Gasteiger partial charge in [0.15, 0.2) is 0 Å². The minimum absolute atomic E-state index is 0.277. The first-order chi connectivity index (χ1) is 8.45. The van der Waals surface area contributed by atoms with Crippen LogP contribution in [0.25, 0.3) is 0 Å². The second kappa shape index (κ2) is 4.79. The molecule has 1 saturated heterocycles. The van der Waals surface area contributed by atoms with Gasteiger partial charge in [0, 0.05) is 18.6 Å². The van der Waals surface area contributed by atoms with Gasteiger partial charge in [0.05, 0.1) is 0 Å². The minimum atomic E-state index is 0.277. The fraction of sp³-hybridized carbons (Fsp3) is 1.00. The van der Waals surface area contributed by atoms with Crippen LogP contribution in [0, 0.1) is 10.8 Å². The summed E-state index contributed by atoms with van der Waals surface area (Å²) in [5.41, 5.74) is 7.49. The van der Waals surface area contributed by atoms with Crippen molar-refractivity contribution in [3.05, 3.63) is 0 Å². The predicted octanol–water partition coefficient (Wildman–Crippen LogP) is 3.41. The lowest BCUT2D eigenvalue weighted by atomic mass is 9.73. The predicted molar refractivity (Wildman–Crippen MR) is 78.6 cm³/mol. The second-order valence-electron chi connectivity index (χ2n) is 7.35. The third kappa shape index (κ3) is 1.92. The maximum absolute atomic E-state index is 6.25. The molecule has 2 nitrogen and oxygen atoms in total. The highest BCUT2D eigenvalue weighted by Crippen LogP contribution is 2.52. The Bertz CT molecular complexity index is 293. The lowest BCUT2D eigenvalue weighted by molar-refractivity contribution is 0.0213. The van der Waals surface area contributed by atoms with Gasteiger partial charge in [-0.1, -0.05) is 34.1 Å². The molecule has 1 atom stereocenters. The van der Waals surface area contributed by atoms with Crippen molar-refractivity contribution in [2.24, 2.45) is 16.6 Å². The molecule has 2 rings (SSSR count). The maximum atomic E-state index is 6.25. The molecule has 0 aromatic heterocycles. The summed E-state index contributed by atoms with van der Waals surface area (Å²) in [6, 6.07) is 0. The number of likely N-dealkylation sites (tertiary alicyclic amines) is 1. The molecule has 1 saturated carbocycles. The van der Waals surface area contributed by atoms with Crippen molar-refractivity contribution in [1.29, 1.82) is 0 Å². The van der Waals surface area contributed by atoms with Crippen LogP contribution in [-0.2, 0) is 0 Å². The molecule has 2 aliphatic rings. The Hall–Kier alpha value is -0.0800. The molecule has 1 aliphatic heterocycles. The monoisotopic (exact) mass is 252 g/mol. The van der Waals surface area contributed by atoms with Crippen molar-refractivity contribution in [3.8, 4) is 0 Å². The molecule has 0 aromatic rings. The smallest absolute Gasteiger partial charge is 0.0382 e. The van der Waals surface area contributed by atoms with Gasteiger partial charge in [0.25, 0.3) is 0 Å². The SMILES string of the molecule is CCC1(CC)CCN(C2(CN)CCCC2(C)C)C1. The summed E-state index contributed by atoms with van der Waals surface area (Å²) in [7, 11) is 0. The Kier molecular flexibility index (Phi) is 3.81. The van der Waals surface area contributed by atoms with Gasteiger partial charge in [-0.25, -0.2) is 0 Å². The summed E-state index contributed by atoms with van der Waals surface area (Å²) in [5, 5.41) is 0. The maximum Gasteiger partial charge on any atom is 0.0382 e. The van der Waals surface area contributed by atoms with E-state index in [2.05, 4.69) is 32.6 Å². The van der Waals surface area contributed by atoms with Crippen LogP contribution in [-0.4, -0.2) is 30.1 Å². The highest BCUT2D eigenvalue weighted by Gasteiger charge is 2.54. The third-order valence-corrected chi connectivity index (χ3v) is 6.53. The Balaban J connectivity index is 2.21. The van der Waals surface area contributed by atoms with Crippen LogP contribution in [0.4, 0.5) is 0 Å². The summed E-state index contributed by atoms with van der Waals surface area (Å²) in [5.74, 6) is 0. The Morgan fingerprint density at radius 2 is 1.72 bits per heavy atom. The standard InChI is InChI=1S/C16H32N2/c1-5-15(6-2)10-11-18(13-15)16(12-17)9-7-8-14(16,3)4/h5-13,17H2,1-4H3. The highest BCUT2D eigenvalue weighted by molar-refractivity contribution is 5.09. The molecule has 1 unspecified atom stereocenters. The Morgan fingerprint density at radius 3 is 2.11 bits per heavy atom. The summed E-state index contributed by atoms with van der Waals surface area (Å²) >= 11 is 0. The van der Waals surface area contributed by atoms with Crippen molar-refractivity contribution in [1.82, 2.24) is 4.90 Å². The van der Waals surface area contributed by atoms with E-state index in [1.165, 1.54) is 51.6 Å². The first-order valence-electron chi connectivity index (χ1n) is 7.90. The van der Waals surface area contributed by atoms with Crippen LogP contribution in [0.2, 0.25) is 0 Å². The summed E-state index contributed by atoms with van der Waals surface area (Å²) in [6.07, 6.45) is 8.01. The van der Waals surface area contributed by atoms with Gasteiger partial charge in [-0.3, -0.25) is 4.90 Å². The van der Waals surface area contributed by atoms with E-state index in [1.807, 2.05) is 0 Å². The van der Waals surface area contributed by atoms with Gasteiger partial charge in [0.1, 0.15) is 0 Å². The highest BCUT2D eigenvalue weighted by atomic mass is 15.3. The molecule has 1 heterocycles. The van der Waals surface area contributed by atoms with Crippen molar-refractivity contribution in [2.75, 3.05) is 19.6 Å². The van der Waals surface area contributed by atoms with Gasteiger partial charge < -0.3 is 5.73 Å². The molecule has 0 radical (unpaired) electrons. The zero-order valence-corrected chi connectivity index (χ0v) is 12.9. The third-order valence-electron chi connectivity index (χ3n) is 6.53. The molecule has 106 valence electrons. The molecule has 2 N–H and O–H groups in total. The van der Waals surface area contributed by atoms with E-state index in [4.69, 9.17) is 5.73 Å². The quantitative estimate of drug-likeness (QED) is 0.831. The van der Waals surface area contributed by atoms with E-state index in [9.17, 15) is 0 Å². The zero-order chi connectivity index (χ0) is 13.4. The van der Waals surface area contributed by atoms with Crippen LogP contribution in [0.3, 0.4) is 0 Å². The van der Waals surface area contributed by atoms with Crippen molar-refractivity contribution >= 4 is 0 Å². The van der Waals surface area contributed by atoms with Crippen molar-refractivity contribution in [2.45, 2.75) is 71.8 Å². The Morgan fingerprint density at radius 1 is 1.06 bits per heavy atom.